The van der Waals surface area contributed by atoms with Gasteiger partial charge in [-0.3, -0.25) is 24.3 Å². The van der Waals surface area contributed by atoms with Crippen LogP contribution >= 0.6 is 11.3 Å². The van der Waals surface area contributed by atoms with E-state index < -0.39 is 4.92 Å². The lowest BCUT2D eigenvalue weighted by atomic mass is 10.1. The third kappa shape index (κ3) is 3.25. The molecule has 146 valence electrons. The van der Waals surface area contributed by atoms with E-state index in [1.165, 1.54) is 34.4 Å². The second kappa shape index (κ2) is 7.10. The zero-order valence-electron chi connectivity index (χ0n) is 15.7. The molecule has 0 aliphatic rings. The standard InChI is InChI=1S/C20H16N4O4S/c1-12-8-16(13(2)23(12)14-4-3-5-15(9-14)24(27)28)18(25)10-22-11-21-17-6-7-29-19(17)20(22)26/h3-9,11H,10H2,1-2H3. The number of nitro benzene ring substituents is 1. The van der Waals surface area contributed by atoms with Crippen LogP contribution in [0.25, 0.3) is 15.9 Å². The van der Waals surface area contributed by atoms with E-state index in [1.54, 1.807) is 41.1 Å². The Hall–Kier alpha value is -3.59. The molecule has 0 saturated carbocycles. The second-order valence-corrected chi connectivity index (χ2v) is 7.55. The minimum atomic E-state index is -0.454. The van der Waals surface area contributed by atoms with Crippen LogP contribution in [0.1, 0.15) is 21.7 Å². The van der Waals surface area contributed by atoms with Gasteiger partial charge >= 0.3 is 0 Å². The Bertz CT molecular complexity index is 1330. The first-order valence-corrected chi connectivity index (χ1v) is 9.64. The summed E-state index contributed by atoms with van der Waals surface area (Å²) >= 11 is 1.30. The Balaban J connectivity index is 1.71. The summed E-state index contributed by atoms with van der Waals surface area (Å²) in [4.78, 5) is 40.3. The van der Waals surface area contributed by atoms with Crippen molar-refractivity contribution in [2.45, 2.75) is 20.4 Å². The summed E-state index contributed by atoms with van der Waals surface area (Å²) in [5, 5.41) is 12.9. The number of non-ortho nitro benzene ring substituents is 1. The van der Waals surface area contributed by atoms with Gasteiger partial charge in [0.05, 0.1) is 29.0 Å². The van der Waals surface area contributed by atoms with Crippen molar-refractivity contribution in [1.29, 1.82) is 0 Å². The molecule has 0 atom stereocenters. The normalized spacial score (nSPS) is 11.1. The van der Waals surface area contributed by atoms with Gasteiger partial charge in [0.2, 0.25) is 0 Å². The first-order chi connectivity index (χ1) is 13.9. The van der Waals surface area contributed by atoms with Crippen molar-refractivity contribution in [1.82, 2.24) is 14.1 Å². The minimum Gasteiger partial charge on any atom is -0.318 e. The van der Waals surface area contributed by atoms with Gasteiger partial charge in [0.25, 0.3) is 11.2 Å². The number of carbonyl (C=O) groups excluding carboxylic acids is 1. The van der Waals surface area contributed by atoms with Gasteiger partial charge in [-0.2, -0.15) is 0 Å². The Kier molecular flexibility index (Phi) is 4.59. The lowest BCUT2D eigenvalue weighted by Gasteiger charge is -2.10. The van der Waals surface area contributed by atoms with Gasteiger partial charge in [-0.25, -0.2) is 4.98 Å². The number of rotatable bonds is 5. The van der Waals surface area contributed by atoms with Crippen LogP contribution in [0.3, 0.4) is 0 Å². The summed E-state index contributed by atoms with van der Waals surface area (Å²) in [7, 11) is 0. The van der Waals surface area contributed by atoms with Crippen molar-refractivity contribution in [2.75, 3.05) is 0 Å². The van der Waals surface area contributed by atoms with Crippen LogP contribution in [-0.4, -0.2) is 24.8 Å². The van der Waals surface area contributed by atoms with E-state index in [0.29, 0.717) is 27.2 Å². The lowest BCUT2D eigenvalue weighted by molar-refractivity contribution is -0.384. The number of hydrogen-bond acceptors (Lipinski definition) is 6. The van der Waals surface area contributed by atoms with Crippen molar-refractivity contribution >= 4 is 33.0 Å². The van der Waals surface area contributed by atoms with E-state index in [0.717, 1.165) is 5.69 Å². The smallest absolute Gasteiger partial charge is 0.271 e. The highest BCUT2D eigenvalue weighted by Gasteiger charge is 2.19. The molecular formula is C20H16N4O4S. The number of Topliss-reactive ketones (excluding diaryl/α,β-unsaturated/α-hetero) is 1. The summed E-state index contributed by atoms with van der Waals surface area (Å²) in [6.45, 7) is 3.48. The number of aromatic nitrogens is 3. The van der Waals surface area contributed by atoms with Gasteiger partial charge in [-0.1, -0.05) is 6.07 Å². The lowest BCUT2D eigenvalue weighted by Crippen LogP contribution is -2.24. The minimum absolute atomic E-state index is 0.0234. The zero-order chi connectivity index (χ0) is 20.7. The van der Waals surface area contributed by atoms with Crippen molar-refractivity contribution in [3.8, 4) is 5.69 Å². The number of nitro groups is 1. The Morgan fingerprint density at radius 1 is 1.24 bits per heavy atom. The number of hydrogen-bond donors (Lipinski definition) is 0. The molecule has 0 spiro atoms. The van der Waals surface area contributed by atoms with Gasteiger partial charge in [0.15, 0.2) is 5.78 Å². The summed E-state index contributed by atoms with van der Waals surface area (Å²) < 4.78 is 3.62. The molecule has 0 amide bonds. The molecule has 8 nitrogen and oxygen atoms in total. The number of aryl methyl sites for hydroxylation is 1. The topological polar surface area (TPSA) is 100 Å². The van der Waals surface area contributed by atoms with E-state index in [9.17, 15) is 19.7 Å². The molecule has 0 aliphatic heterocycles. The van der Waals surface area contributed by atoms with Gasteiger partial charge in [-0.05, 0) is 37.4 Å². The zero-order valence-corrected chi connectivity index (χ0v) is 16.5. The SMILES string of the molecule is Cc1cc(C(=O)Cn2cnc3ccsc3c2=O)c(C)n1-c1cccc([N+](=O)[O-])c1. The van der Waals surface area contributed by atoms with E-state index in [2.05, 4.69) is 4.98 Å². The van der Waals surface area contributed by atoms with Crippen LogP contribution in [-0.2, 0) is 6.54 Å². The fraction of sp³-hybridized carbons (Fsp3) is 0.150. The van der Waals surface area contributed by atoms with Crippen LogP contribution < -0.4 is 5.56 Å². The molecule has 0 bridgehead atoms. The molecule has 1 aromatic carbocycles. The number of benzene rings is 1. The fourth-order valence-corrected chi connectivity index (χ4v) is 4.21. The van der Waals surface area contributed by atoms with Crippen LogP contribution in [0.15, 0.2) is 52.9 Å². The van der Waals surface area contributed by atoms with Crippen molar-refractivity contribution in [2.24, 2.45) is 0 Å². The summed E-state index contributed by atoms with van der Waals surface area (Å²) in [5.41, 5.74) is 2.85. The number of carbonyl (C=O) groups is 1. The Morgan fingerprint density at radius 2 is 2.03 bits per heavy atom. The van der Waals surface area contributed by atoms with Gasteiger partial charge < -0.3 is 4.57 Å². The molecule has 4 rings (SSSR count). The third-order valence-corrected chi connectivity index (χ3v) is 5.67. The molecule has 0 saturated heterocycles. The molecule has 0 radical (unpaired) electrons. The highest BCUT2D eigenvalue weighted by Crippen LogP contribution is 2.24. The number of fused-ring (bicyclic) bond motifs is 1. The fourth-order valence-electron chi connectivity index (χ4n) is 3.42. The van der Waals surface area contributed by atoms with Crippen LogP contribution in [0.4, 0.5) is 5.69 Å². The predicted molar refractivity (Wildman–Crippen MR) is 110 cm³/mol. The molecule has 3 aromatic heterocycles. The molecule has 29 heavy (non-hydrogen) atoms. The van der Waals surface area contributed by atoms with E-state index in [1.807, 2.05) is 6.92 Å². The van der Waals surface area contributed by atoms with Gasteiger partial charge in [0, 0.05) is 29.1 Å². The van der Waals surface area contributed by atoms with E-state index in [-0.39, 0.29) is 23.6 Å². The van der Waals surface area contributed by atoms with Gasteiger partial charge in [0.1, 0.15) is 4.70 Å². The van der Waals surface area contributed by atoms with Gasteiger partial charge in [-0.15, -0.1) is 11.3 Å². The molecule has 4 aromatic rings. The first-order valence-electron chi connectivity index (χ1n) is 8.76. The highest BCUT2D eigenvalue weighted by atomic mass is 32.1. The number of thiophene rings is 1. The average Bonchev–Trinajstić information content (AvgIpc) is 3.29. The maximum absolute atomic E-state index is 12.9. The third-order valence-electron chi connectivity index (χ3n) is 4.78. The Labute approximate surface area is 168 Å². The summed E-state index contributed by atoms with van der Waals surface area (Å²) in [6, 6.07) is 9.74. The van der Waals surface area contributed by atoms with Crippen molar-refractivity contribution in [3.05, 3.63) is 85.5 Å². The van der Waals surface area contributed by atoms with Crippen LogP contribution in [0.2, 0.25) is 0 Å². The first kappa shape index (κ1) is 18.8. The molecule has 0 unspecified atom stereocenters. The molecule has 0 aliphatic carbocycles. The average molecular weight is 408 g/mol. The largest absolute Gasteiger partial charge is 0.318 e. The molecule has 0 N–H and O–H groups in total. The van der Waals surface area contributed by atoms with E-state index in [4.69, 9.17) is 0 Å². The summed E-state index contributed by atoms with van der Waals surface area (Å²) in [6.07, 6.45) is 1.38. The maximum atomic E-state index is 12.9. The molecule has 0 fully saturated rings. The van der Waals surface area contributed by atoms with Crippen LogP contribution in [0.5, 0.6) is 0 Å². The van der Waals surface area contributed by atoms with Crippen molar-refractivity contribution in [3.63, 3.8) is 0 Å². The molecular weight excluding hydrogens is 392 g/mol. The van der Waals surface area contributed by atoms with Crippen LogP contribution in [0, 0.1) is 24.0 Å². The number of nitrogens with zero attached hydrogens (tertiary/aromatic N) is 4. The Morgan fingerprint density at radius 3 is 2.79 bits per heavy atom. The molecule has 3 heterocycles. The maximum Gasteiger partial charge on any atom is 0.271 e. The van der Waals surface area contributed by atoms with E-state index >= 15 is 0 Å². The monoisotopic (exact) mass is 408 g/mol. The quantitative estimate of drug-likeness (QED) is 0.285. The predicted octanol–water partition coefficient (Wildman–Crippen LogP) is 3.66. The summed E-state index contributed by atoms with van der Waals surface area (Å²) in [5.74, 6) is -0.227. The molecule has 9 heteroatoms. The highest BCUT2D eigenvalue weighted by molar-refractivity contribution is 7.17. The second-order valence-electron chi connectivity index (χ2n) is 6.63. The number of ketones is 1. The van der Waals surface area contributed by atoms with Crippen molar-refractivity contribution < 1.29 is 9.72 Å².